The van der Waals surface area contributed by atoms with Crippen LogP contribution in [0, 0.1) is 0 Å². The molecule has 2 aliphatic rings. The predicted molar refractivity (Wildman–Crippen MR) is 144 cm³/mol. The number of nitrogens with two attached hydrogens (primary N) is 1. The Labute approximate surface area is 223 Å². The summed E-state index contributed by atoms with van der Waals surface area (Å²) in [5, 5.41) is 9.44. The molecule has 11 nitrogen and oxygen atoms in total. The summed E-state index contributed by atoms with van der Waals surface area (Å²) >= 11 is 0. The summed E-state index contributed by atoms with van der Waals surface area (Å²) in [4.78, 5) is 33.5. The molecule has 5 N–H and O–H groups in total. The van der Waals surface area contributed by atoms with Crippen LogP contribution in [0.15, 0.2) is 24.3 Å². The molecule has 4 rings (SSSR count). The molecule has 1 aromatic heterocycles. The largest absolute Gasteiger partial charge is 0.493 e. The van der Waals surface area contributed by atoms with E-state index >= 15 is 0 Å². The number of hydrogen-bond acceptors (Lipinski definition) is 9. The van der Waals surface area contributed by atoms with Crippen molar-refractivity contribution in [3.8, 4) is 5.75 Å². The van der Waals surface area contributed by atoms with Gasteiger partial charge in [-0.15, -0.1) is 0 Å². The third kappa shape index (κ3) is 8.20. The van der Waals surface area contributed by atoms with E-state index < -0.39 is 17.6 Å². The Kier molecular flexibility index (Phi) is 8.88. The van der Waals surface area contributed by atoms with Gasteiger partial charge in [-0.2, -0.15) is 0 Å². The van der Waals surface area contributed by atoms with Crippen molar-refractivity contribution >= 4 is 29.3 Å². The second-order valence-corrected chi connectivity index (χ2v) is 10.6. The molecule has 2 amide bonds. The predicted octanol–water partition coefficient (Wildman–Crippen LogP) is 4.08. The van der Waals surface area contributed by atoms with E-state index in [1.807, 2.05) is 45.0 Å². The lowest BCUT2D eigenvalue weighted by Crippen LogP contribution is -2.33. The van der Waals surface area contributed by atoms with Crippen LogP contribution >= 0.6 is 0 Å². The summed E-state index contributed by atoms with van der Waals surface area (Å²) in [6.07, 6.45) is 3.98. The van der Waals surface area contributed by atoms with Crippen LogP contribution in [0.1, 0.15) is 75.0 Å². The quantitative estimate of drug-likeness (QED) is 0.318. The third-order valence-electron chi connectivity index (χ3n) is 6.04. The molecular weight excluding hydrogens is 488 g/mol. The molecule has 11 heteroatoms. The number of amides is 2. The van der Waals surface area contributed by atoms with Gasteiger partial charge in [-0.25, -0.2) is 14.8 Å². The zero-order valence-corrected chi connectivity index (χ0v) is 22.3. The summed E-state index contributed by atoms with van der Waals surface area (Å²) in [5.41, 5.74) is 6.75. The third-order valence-corrected chi connectivity index (χ3v) is 6.04. The maximum Gasteiger partial charge on any atom is 0.407 e. The van der Waals surface area contributed by atoms with Crippen LogP contribution in [-0.4, -0.2) is 60.0 Å². The molecule has 1 aromatic carbocycles. The normalized spacial score (nSPS) is 16.0. The fourth-order valence-electron chi connectivity index (χ4n) is 4.06. The molecule has 1 aliphatic carbocycles. The molecule has 1 saturated carbocycles. The number of alkyl carbamates (subject to hydrolysis) is 1. The van der Waals surface area contributed by atoms with E-state index in [1.54, 1.807) is 0 Å². The van der Waals surface area contributed by atoms with Crippen molar-refractivity contribution < 1.29 is 23.8 Å². The Hall–Kier alpha value is -3.60. The summed E-state index contributed by atoms with van der Waals surface area (Å²) in [6.45, 7) is 7.71. The number of hydrogen-bond donors (Lipinski definition) is 4. The first-order valence-corrected chi connectivity index (χ1v) is 13.2. The molecule has 2 aromatic rings. The van der Waals surface area contributed by atoms with Gasteiger partial charge in [0.25, 0.3) is 5.91 Å². The van der Waals surface area contributed by atoms with Gasteiger partial charge >= 0.3 is 6.09 Å². The smallest absolute Gasteiger partial charge is 0.407 e. The van der Waals surface area contributed by atoms with Crippen LogP contribution in [-0.2, 0) is 9.47 Å². The highest BCUT2D eigenvalue weighted by molar-refractivity contribution is 5.96. The van der Waals surface area contributed by atoms with Gasteiger partial charge in [-0.3, -0.25) is 4.79 Å². The van der Waals surface area contributed by atoms with Crippen molar-refractivity contribution in [3.63, 3.8) is 0 Å². The fourth-order valence-corrected chi connectivity index (χ4v) is 4.06. The molecule has 1 aliphatic heterocycles. The fraction of sp³-hybridized carbons (Fsp3) is 0.556. The van der Waals surface area contributed by atoms with E-state index in [9.17, 15) is 9.59 Å². The summed E-state index contributed by atoms with van der Waals surface area (Å²) in [6, 6.07) is 7.58. The van der Waals surface area contributed by atoms with Gasteiger partial charge in [-0.1, -0.05) is 6.07 Å². The molecule has 2 heterocycles. The molecule has 1 saturated heterocycles. The average molecular weight is 527 g/mol. The van der Waals surface area contributed by atoms with Gasteiger partial charge in [0.1, 0.15) is 11.4 Å². The summed E-state index contributed by atoms with van der Waals surface area (Å²) < 4.78 is 16.5. The molecule has 0 unspecified atom stereocenters. The molecule has 0 radical (unpaired) electrons. The van der Waals surface area contributed by atoms with E-state index in [1.165, 1.54) is 0 Å². The number of aromatic nitrogens is 2. The van der Waals surface area contributed by atoms with Crippen LogP contribution in [0.4, 0.5) is 22.1 Å². The van der Waals surface area contributed by atoms with Gasteiger partial charge in [0.05, 0.1) is 12.3 Å². The highest BCUT2D eigenvalue weighted by atomic mass is 16.6. The van der Waals surface area contributed by atoms with Crippen molar-refractivity contribution in [1.29, 1.82) is 0 Å². The van der Waals surface area contributed by atoms with E-state index in [0.29, 0.717) is 61.8 Å². The van der Waals surface area contributed by atoms with E-state index in [0.717, 1.165) is 31.4 Å². The number of carbonyl (C=O) groups excluding carboxylic acids is 2. The van der Waals surface area contributed by atoms with Gasteiger partial charge in [0, 0.05) is 43.5 Å². The molecule has 0 spiro atoms. The van der Waals surface area contributed by atoms with Crippen molar-refractivity contribution in [2.75, 3.05) is 37.0 Å². The maximum atomic E-state index is 12.3. The van der Waals surface area contributed by atoms with Crippen LogP contribution < -0.4 is 26.4 Å². The minimum atomic E-state index is -0.635. The first-order valence-electron chi connectivity index (χ1n) is 13.2. The molecule has 38 heavy (non-hydrogen) atoms. The lowest BCUT2D eigenvalue weighted by Gasteiger charge is -2.25. The number of ether oxygens (including phenoxy) is 3. The SMILES string of the molecule is CC(C)(C)OC(=O)NCCCOc1cccc(Nc2nc(NC3CCOCC3)c(C3CC3)nc2C(N)=O)c1. The number of primary amides is 1. The summed E-state index contributed by atoms with van der Waals surface area (Å²) in [5.74, 6) is 1.28. The molecule has 0 atom stereocenters. The van der Waals surface area contributed by atoms with E-state index in [-0.39, 0.29) is 11.7 Å². The first kappa shape index (κ1) is 27.4. The van der Waals surface area contributed by atoms with Crippen LogP contribution in [0.25, 0.3) is 0 Å². The van der Waals surface area contributed by atoms with E-state index in [4.69, 9.17) is 24.9 Å². The number of rotatable bonds is 11. The number of benzene rings is 1. The number of carbonyl (C=O) groups is 2. The topological polar surface area (TPSA) is 150 Å². The van der Waals surface area contributed by atoms with E-state index in [2.05, 4.69) is 20.9 Å². The minimum absolute atomic E-state index is 0.115. The Balaban J connectivity index is 1.40. The Morgan fingerprint density at radius 1 is 1.11 bits per heavy atom. The Morgan fingerprint density at radius 2 is 1.87 bits per heavy atom. The highest BCUT2D eigenvalue weighted by Gasteiger charge is 2.32. The van der Waals surface area contributed by atoms with Crippen LogP contribution in [0.5, 0.6) is 5.75 Å². The molecule has 206 valence electrons. The van der Waals surface area contributed by atoms with Crippen molar-refractivity contribution in [1.82, 2.24) is 15.3 Å². The Bertz CT molecular complexity index is 1130. The van der Waals surface area contributed by atoms with Gasteiger partial charge < -0.3 is 35.9 Å². The van der Waals surface area contributed by atoms with Gasteiger partial charge in [-0.05, 0) is 65.0 Å². The Morgan fingerprint density at radius 3 is 2.55 bits per heavy atom. The lowest BCUT2D eigenvalue weighted by atomic mass is 10.1. The van der Waals surface area contributed by atoms with Crippen molar-refractivity contribution in [3.05, 3.63) is 35.7 Å². The number of nitrogens with one attached hydrogen (secondary N) is 3. The summed E-state index contributed by atoms with van der Waals surface area (Å²) in [7, 11) is 0. The zero-order chi connectivity index (χ0) is 27.1. The molecule has 2 fully saturated rings. The average Bonchev–Trinajstić information content (AvgIpc) is 3.69. The minimum Gasteiger partial charge on any atom is -0.493 e. The van der Waals surface area contributed by atoms with Crippen LogP contribution in [0.3, 0.4) is 0 Å². The lowest BCUT2D eigenvalue weighted by molar-refractivity contribution is 0.0525. The monoisotopic (exact) mass is 526 g/mol. The standard InChI is InChI=1S/C27H38N6O5/c1-27(2,3)38-26(35)29-12-5-13-37-20-7-4-6-19(16-20)31-25-22(23(28)34)32-21(17-8-9-17)24(33-25)30-18-10-14-36-15-11-18/h4,6-7,16-18H,5,8-15H2,1-3H3,(H2,28,34)(H,29,35)(H2,30,31,33). The number of nitrogens with zero attached hydrogens (tertiary/aromatic N) is 2. The first-order chi connectivity index (χ1) is 18.2. The van der Waals surface area contributed by atoms with Gasteiger partial charge in [0.2, 0.25) is 0 Å². The van der Waals surface area contributed by atoms with Crippen molar-refractivity contribution in [2.45, 2.75) is 70.4 Å². The second kappa shape index (κ2) is 12.3. The number of anilines is 3. The van der Waals surface area contributed by atoms with Crippen LogP contribution in [0.2, 0.25) is 0 Å². The molecule has 0 bridgehead atoms. The van der Waals surface area contributed by atoms with Gasteiger partial charge in [0.15, 0.2) is 17.3 Å². The van der Waals surface area contributed by atoms with Crippen molar-refractivity contribution in [2.24, 2.45) is 5.73 Å². The molecular formula is C27H38N6O5. The zero-order valence-electron chi connectivity index (χ0n) is 22.3. The highest BCUT2D eigenvalue weighted by Crippen LogP contribution is 2.43. The maximum absolute atomic E-state index is 12.3. The second-order valence-electron chi connectivity index (χ2n) is 10.6.